The van der Waals surface area contributed by atoms with E-state index in [0.29, 0.717) is 10.1 Å². The fraction of sp³-hybridized carbons (Fsp3) is 0.0769. The van der Waals surface area contributed by atoms with E-state index in [-0.39, 0.29) is 5.56 Å². The van der Waals surface area contributed by atoms with Gasteiger partial charge in [-0.15, -0.1) is 0 Å². The summed E-state index contributed by atoms with van der Waals surface area (Å²) in [6, 6.07) is 4.99. The van der Waals surface area contributed by atoms with E-state index < -0.39 is 5.97 Å². The Morgan fingerprint density at radius 3 is 2.80 bits per heavy atom. The molecule has 6 nitrogen and oxygen atoms in total. The van der Waals surface area contributed by atoms with Crippen molar-refractivity contribution in [1.82, 2.24) is 19.5 Å². The molecule has 0 spiro atoms. The molecular formula is C13H10N4O2S. The van der Waals surface area contributed by atoms with Crippen molar-refractivity contribution >= 4 is 28.8 Å². The van der Waals surface area contributed by atoms with Crippen molar-refractivity contribution in [3.05, 3.63) is 42.5 Å². The topological polar surface area (TPSA) is 80.9 Å². The van der Waals surface area contributed by atoms with Crippen LogP contribution >= 0.6 is 11.8 Å². The van der Waals surface area contributed by atoms with E-state index >= 15 is 0 Å². The lowest BCUT2D eigenvalue weighted by Crippen LogP contribution is -2.00. The first-order valence-electron chi connectivity index (χ1n) is 5.79. The highest BCUT2D eigenvalue weighted by atomic mass is 32.2. The zero-order chi connectivity index (χ0) is 14.1. The van der Waals surface area contributed by atoms with Crippen LogP contribution in [0, 0.1) is 0 Å². The molecule has 0 saturated carbocycles. The van der Waals surface area contributed by atoms with E-state index in [4.69, 9.17) is 5.11 Å². The summed E-state index contributed by atoms with van der Waals surface area (Å²) in [7, 11) is 1.90. The van der Waals surface area contributed by atoms with Crippen LogP contribution in [0.5, 0.6) is 0 Å². The van der Waals surface area contributed by atoms with Gasteiger partial charge in [-0.3, -0.25) is 0 Å². The van der Waals surface area contributed by atoms with Gasteiger partial charge in [-0.2, -0.15) is 0 Å². The maximum Gasteiger partial charge on any atom is 0.338 e. The minimum atomic E-state index is -1.01. The van der Waals surface area contributed by atoms with Gasteiger partial charge >= 0.3 is 5.97 Å². The van der Waals surface area contributed by atoms with Crippen molar-refractivity contribution in [2.45, 2.75) is 10.1 Å². The van der Waals surface area contributed by atoms with Crippen molar-refractivity contribution in [2.24, 2.45) is 7.05 Å². The number of aryl methyl sites for hydroxylation is 1. The molecule has 0 aliphatic heterocycles. The number of nitrogens with zero attached hydrogens (tertiary/aromatic N) is 4. The Morgan fingerprint density at radius 1 is 1.20 bits per heavy atom. The lowest BCUT2D eigenvalue weighted by Gasteiger charge is -2.04. The number of hydrogen-bond acceptors (Lipinski definition) is 5. The Hall–Kier alpha value is -2.41. The van der Waals surface area contributed by atoms with Crippen molar-refractivity contribution in [1.29, 1.82) is 0 Å². The maximum atomic E-state index is 11.2. The number of carboxylic acids is 1. The SMILES string of the molecule is Cn1cnc2c(Sc3ncccc3C(=O)O)nccc21. The van der Waals surface area contributed by atoms with Gasteiger partial charge in [0.2, 0.25) is 0 Å². The Labute approximate surface area is 118 Å². The third kappa shape index (κ3) is 2.12. The number of imidazole rings is 1. The van der Waals surface area contributed by atoms with Gasteiger partial charge in [-0.25, -0.2) is 19.7 Å². The number of rotatable bonds is 3. The van der Waals surface area contributed by atoms with Gasteiger partial charge in [0.05, 0.1) is 17.4 Å². The molecule has 1 N–H and O–H groups in total. The highest BCUT2D eigenvalue weighted by Gasteiger charge is 2.15. The number of aromatic carboxylic acids is 1. The Morgan fingerprint density at radius 2 is 2.00 bits per heavy atom. The maximum absolute atomic E-state index is 11.2. The van der Waals surface area contributed by atoms with Gasteiger partial charge in [-0.1, -0.05) is 0 Å². The lowest BCUT2D eigenvalue weighted by atomic mass is 10.3. The molecule has 7 heteroatoms. The second kappa shape index (κ2) is 4.93. The van der Waals surface area contributed by atoms with Gasteiger partial charge in [-0.05, 0) is 30.0 Å². The fourth-order valence-electron chi connectivity index (χ4n) is 1.84. The molecule has 3 heterocycles. The highest BCUT2D eigenvalue weighted by molar-refractivity contribution is 7.99. The number of carboxylic acid groups (broad SMARTS) is 1. The minimum absolute atomic E-state index is 0.159. The van der Waals surface area contributed by atoms with Crippen LogP contribution in [-0.2, 0) is 7.05 Å². The molecule has 0 aliphatic carbocycles. The normalized spacial score (nSPS) is 10.8. The zero-order valence-electron chi connectivity index (χ0n) is 10.5. The van der Waals surface area contributed by atoms with Gasteiger partial charge in [0.25, 0.3) is 0 Å². The average Bonchev–Trinajstić information content (AvgIpc) is 2.82. The first-order chi connectivity index (χ1) is 9.66. The minimum Gasteiger partial charge on any atom is -0.478 e. The molecular weight excluding hydrogens is 276 g/mol. The summed E-state index contributed by atoms with van der Waals surface area (Å²) in [5.74, 6) is -1.01. The summed E-state index contributed by atoms with van der Waals surface area (Å²) in [5, 5.41) is 10.2. The Balaban J connectivity index is 2.08. The first-order valence-corrected chi connectivity index (χ1v) is 6.60. The fourth-order valence-corrected chi connectivity index (χ4v) is 2.77. The summed E-state index contributed by atoms with van der Waals surface area (Å²) >= 11 is 1.21. The Kier molecular flexibility index (Phi) is 3.11. The van der Waals surface area contributed by atoms with Gasteiger partial charge in [0.15, 0.2) is 0 Å². The van der Waals surface area contributed by atoms with Crippen molar-refractivity contribution < 1.29 is 9.90 Å². The molecule has 0 amide bonds. The molecule has 100 valence electrons. The molecule has 0 aromatic carbocycles. The number of aromatic nitrogens is 4. The molecule has 3 rings (SSSR count). The molecule has 0 atom stereocenters. The van der Waals surface area contributed by atoms with Crippen LogP contribution in [0.25, 0.3) is 11.0 Å². The second-order valence-electron chi connectivity index (χ2n) is 4.10. The quantitative estimate of drug-likeness (QED) is 0.795. The van der Waals surface area contributed by atoms with E-state index in [9.17, 15) is 4.79 Å². The third-order valence-electron chi connectivity index (χ3n) is 2.80. The molecule has 0 radical (unpaired) electrons. The molecule has 20 heavy (non-hydrogen) atoms. The summed E-state index contributed by atoms with van der Waals surface area (Å²) in [6.07, 6.45) is 4.94. The molecule has 0 aliphatic rings. The summed E-state index contributed by atoms with van der Waals surface area (Å²) in [6.45, 7) is 0. The highest BCUT2D eigenvalue weighted by Crippen LogP contribution is 2.31. The molecule has 0 saturated heterocycles. The summed E-state index contributed by atoms with van der Waals surface area (Å²) < 4.78 is 1.89. The van der Waals surface area contributed by atoms with E-state index in [0.717, 1.165) is 11.0 Å². The van der Waals surface area contributed by atoms with Gasteiger partial charge < -0.3 is 9.67 Å². The number of fused-ring (bicyclic) bond motifs is 1. The second-order valence-corrected chi connectivity index (χ2v) is 5.08. The van der Waals surface area contributed by atoms with Crippen LogP contribution in [-0.4, -0.2) is 30.6 Å². The summed E-state index contributed by atoms with van der Waals surface area (Å²) in [5.41, 5.74) is 1.84. The molecule has 0 unspecified atom stereocenters. The van der Waals surface area contributed by atoms with E-state index in [1.54, 1.807) is 24.8 Å². The van der Waals surface area contributed by atoms with Crippen LogP contribution < -0.4 is 0 Å². The number of carbonyl (C=O) groups is 1. The van der Waals surface area contributed by atoms with Gasteiger partial charge in [0.1, 0.15) is 15.6 Å². The van der Waals surface area contributed by atoms with Crippen LogP contribution in [0.2, 0.25) is 0 Å². The van der Waals surface area contributed by atoms with E-state index in [1.165, 1.54) is 17.8 Å². The average molecular weight is 286 g/mol. The standard InChI is InChI=1S/C13H10N4O2S/c1-17-7-16-10-9(17)4-6-15-12(10)20-11-8(13(18)19)3-2-5-14-11/h2-7H,1H3,(H,18,19). The van der Waals surface area contributed by atoms with Crippen molar-refractivity contribution in [3.8, 4) is 0 Å². The first kappa shape index (κ1) is 12.6. The third-order valence-corrected chi connectivity index (χ3v) is 3.82. The summed E-state index contributed by atoms with van der Waals surface area (Å²) in [4.78, 5) is 23.9. The van der Waals surface area contributed by atoms with Crippen molar-refractivity contribution in [3.63, 3.8) is 0 Å². The van der Waals surface area contributed by atoms with Crippen LogP contribution in [0.4, 0.5) is 0 Å². The number of pyridine rings is 2. The Bertz CT molecular complexity index is 800. The predicted molar refractivity (Wildman–Crippen MR) is 73.8 cm³/mol. The smallest absolute Gasteiger partial charge is 0.338 e. The largest absolute Gasteiger partial charge is 0.478 e. The monoisotopic (exact) mass is 286 g/mol. The number of hydrogen-bond donors (Lipinski definition) is 1. The van der Waals surface area contributed by atoms with Crippen LogP contribution in [0.1, 0.15) is 10.4 Å². The van der Waals surface area contributed by atoms with Gasteiger partial charge in [0, 0.05) is 19.4 Å². The van der Waals surface area contributed by atoms with Crippen LogP contribution in [0.3, 0.4) is 0 Å². The van der Waals surface area contributed by atoms with E-state index in [1.807, 2.05) is 17.7 Å². The van der Waals surface area contributed by atoms with Crippen molar-refractivity contribution in [2.75, 3.05) is 0 Å². The molecule has 0 fully saturated rings. The zero-order valence-corrected chi connectivity index (χ0v) is 11.3. The predicted octanol–water partition coefficient (Wildman–Crippen LogP) is 2.21. The molecule has 3 aromatic heterocycles. The molecule has 3 aromatic rings. The molecule has 0 bridgehead atoms. The van der Waals surface area contributed by atoms with Crippen LogP contribution in [0.15, 0.2) is 47.0 Å². The van der Waals surface area contributed by atoms with E-state index in [2.05, 4.69) is 15.0 Å². The lowest BCUT2D eigenvalue weighted by molar-refractivity contribution is 0.0692.